The topological polar surface area (TPSA) is 241 Å². The third-order valence-corrected chi connectivity index (χ3v) is 7.06. The molecule has 2 rings (SSSR count). The van der Waals surface area contributed by atoms with E-state index >= 15 is 0 Å². The van der Waals surface area contributed by atoms with Gasteiger partial charge in [-0.2, -0.15) is 0 Å². The summed E-state index contributed by atoms with van der Waals surface area (Å²) < 4.78 is 13.5. The minimum absolute atomic E-state index is 0.00308. The fourth-order valence-corrected chi connectivity index (χ4v) is 4.73. The first-order chi connectivity index (χ1) is 19.5. The number of halogens is 1. The van der Waals surface area contributed by atoms with E-state index in [0.29, 0.717) is 18.4 Å². The molecule has 1 saturated carbocycles. The van der Waals surface area contributed by atoms with Crippen LogP contribution < -0.4 is 38.9 Å². The second kappa shape index (κ2) is 17.1. The number of primary amides is 1. The van der Waals surface area contributed by atoms with E-state index in [-0.39, 0.29) is 31.3 Å². The molecule has 0 heterocycles. The molecule has 1 aromatic rings. The minimum Gasteiger partial charge on any atom is -0.394 e. The number of benzene rings is 1. The quantitative estimate of drug-likeness (QED) is 0.0661. The number of hydrogen-bond acceptors (Lipinski definition) is 7. The molecule has 0 aliphatic heterocycles. The molecule has 4 amide bonds. The van der Waals surface area contributed by atoms with Crippen molar-refractivity contribution in [1.29, 1.82) is 0 Å². The lowest BCUT2D eigenvalue weighted by Gasteiger charge is -2.29. The first-order valence-corrected chi connectivity index (χ1v) is 13.9. The summed E-state index contributed by atoms with van der Waals surface area (Å²) >= 11 is 0. The Hall–Kier alpha value is -3.78. The van der Waals surface area contributed by atoms with Crippen LogP contribution in [0.1, 0.15) is 56.9 Å². The summed E-state index contributed by atoms with van der Waals surface area (Å²) in [4.78, 5) is 55.1. The highest BCUT2D eigenvalue weighted by Gasteiger charge is 2.32. The van der Waals surface area contributed by atoms with Crippen molar-refractivity contribution in [2.75, 3.05) is 13.2 Å². The largest absolute Gasteiger partial charge is 0.394 e. The molecule has 12 N–H and O–H groups in total. The average Bonchev–Trinajstić information content (AvgIpc) is 2.94. The van der Waals surface area contributed by atoms with Crippen molar-refractivity contribution in [2.45, 2.75) is 82.0 Å². The normalized spacial score (nSPS) is 16.5. The third-order valence-electron chi connectivity index (χ3n) is 7.06. The highest BCUT2D eigenvalue weighted by Crippen LogP contribution is 2.27. The van der Waals surface area contributed by atoms with Crippen LogP contribution in [-0.2, 0) is 25.6 Å². The number of guanidine groups is 1. The van der Waals surface area contributed by atoms with Crippen LogP contribution in [0.4, 0.5) is 4.39 Å². The summed E-state index contributed by atoms with van der Waals surface area (Å²) in [6, 6.07) is 0.959. The molecule has 0 saturated heterocycles. The van der Waals surface area contributed by atoms with Gasteiger partial charge in [-0.1, -0.05) is 44.2 Å². The zero-order chi connectivity index (χ0) is 30.4. The van der Waals surface area contributed by atoms with Crippen LogP contribution in [-0.4, -0.2) is 72.0 Å². The monoisotopic (exact) mass is 578 g/mol. The summed E-state index contributed by atoms with van der Waals surface area (Å²) in [6.45, 7) is -0.420. The van der Waals surface area contributed by atoms with E-state index in [9.17, 15) is 28.7 Å². The van der Waals surface area contributed by atoms with Gasteiger partial charge < -0.3 is 44.0 Å². The molecule has 228 valence electrons. The lowest BCUT2D eigenvalue weighted by Crippen LogP contribution is -2.58. The predicted octanol–water partition coefficient (Wildman–Crippen LogP) is -1.35. The number of hydrogen-bond donors (Lipinski definition) is 8. The third kappa shape index (κ3) is 12.1. The standard InChI is InChI=1S/C27H43FN8O5/c28-18-10-8-17(9-11-18)14-20(34-24(39)19(29)7-4-12-33-27(31)32)25(40)35-21(13-16-5-2-1-3-6-16)26(41)36-22(15-37)23(30)38/h8-11,16,19-22,37H,1-7,12-15,29H2,(H2,30,38)(H,34,39)(H,35,40)(H,36,41)(H4,31,32,33)/t19-,20-,21-,22-/m0/s1. The molecule has 0 spiro atoms. The highest BCUT2D eigenvalue weighted by atomic mass is 19.1. The van der Waals surface area contributed by atoms with Crippen molar-refractivity contribution < 1.29 is 28.7 Å². The maximum atomic E-state index is 13.5. The Bertz CT molecular complexity index is 1040. The lowest BCUT2D eigenvalue weighted by molar-refractivity contribution is -0.134. The Morgan fingerprint density at radius 2 is 1.49 bits per heavy atom. The highest BCUT2D eigenvalue weighted by molar-refractivity contribution is 5.94. The first kappa shape index (κ1) is 33.4. The zero-order valence-corrected chi connectivity index (χ0v) is 23.2. The number of aliphatic imine (C=N–C) groups is 1. The fraction of sp³-hybridized carbons (Fsp3) is 0.593. The van der Waals surface area contributed by atoms with Crippen LogP contribution in [0.5, 0.6) is 0 Å². The van der Waals surface area contributed by atoms with Crippen molar-refractivity contribution in [3.05, 3.63) is 35.6 Å². The molecule has 41 heavy (non-hydrogen) atoms. The number of amides is 4. The molecule has 13 nitrogen and oxygen atoms in total. The fourth-order valence-electron chi connectivity index (χ4n) is 4.73. The van der Waals surface area contributed by atoms with Crippen LogP contribution in [0.2, 0.25) is 0 Å². The lowest BCUT2D eigenvalue weighted by atomic mass is 9.84. The molecule has 0 radical (unpaired) electrons. The Morgan fingerprint density at radius 1 is 0.902 bits per heavy atom. The van der Waals surface area contributed by atoms with Crippen LogP contribution in [0.3, 0.4) is 0 Å². The van der Waals surface area contributed by atoms with Gasteiger partial charge in [0.05, 0.1) is 12.6 Å². The van der Waals surface area contributed by atoms with Gasteiger partial charge in [-0.15, -0.1) is 0 Å². The van der Waals surface area contributed by atoms with E-state index in [1.165, 1.54) is 24.3 Å². The van der Waals surface area contributed by atoms with Gasteiger partial charge in [0.15, 0.2) is 5.96 Å². The van der Waals surface area contributed by atoms with E-state index in [1.807, 2.05) is 0 Å². The number of nitrogens with one attached hydrogen (secondary N) is 3. The van der Waals surface area contributed by atoms with E-state index in [4.69, 9.17) is 22.9 Å². The molecule has 1 aromatic carbocycles. The summed E-state index contributed by atoms with van der Waals surface area (Å²) in [5, 5.41) is 17.2. The van der Waals surface area contributed by atoms with Gasteiger partial charge in [-0.25, -0.2) is 4.39 Å². The molecular formula is C27H43FN8O5. The maximum absolute atomic E-state index is 13.5. The van der Waals surface area contributed by atoms with Crippen LogP contribution in [0.25, 0.3) is 0 Å². The van der Waals surface area contributed by atoms with Gasteiger partial charge in [0.2, 0.25) is 23.6 Å². The molecule has 0 aromatic heterocycles. The molecule has 4 atom stereocenters. The Balaban J connectivity index is 2.21. The molecule has 1 aliphatic carbocycles. The Morgan fingerprint density at radius 3 is 2.07 bits per heavy atom. The Kier molecular flexibility index (Phi) is 14.0. The van der Waals surface area contributed by atoms with Crippen LogP contribution in [0, 0.1) is 11.7 Å². The van der Waals surface area contributed by atoms with Crippen LogP contribution >= 0.6 is 0 Å². The number of aliphatic hydroxyl groups is 1. The van der Waals surface area contributed by atoms with Gasteiger partial charge in [0.25, 0.3) is 0 Å². The molecule has 0 bridgehead atoms. The van der Waals surface area contributed by atoms with Crippen LogP contribution in [0.15, 0.2) is 29.3 Å². The molecule has 1 fully saturated rings. The van der Waals surface area contributed by atoms with E-state index in [1.54, 1.807) is 0 Å². The van der Waals surface area contributed by atoms with Crippen molar-refractivity contribution >= 4 is 29.6 Å². The van der Waals surface area contributed by atoms with E-state index in [2.05, 4.69) is 20.9 Å². The van der Waals surface area contributed by atoms with Crippen molar-refractivity contribution in [1.82, 2.24) is 16.0 Å². The number of aliphatic hydroxyl groups excluding tert-OH is 1. The summed E-state index contributed by atoms with van der Waals surface area (Å²) in [6.07, 6.45) is 5.81. The molecular weight excluding hydrogens is 535 g/mol. The van der Waals surface area contributed by atoms with Gasteiger partial charge in [-0.05, 0) is 42.9 Å². The Labute approximate surface area is 239 Å². The molecule has 1 aliphatic rings. The summed E-state index contributed by atoms with van der Waals surface area (Å²) in [7, 11) is 0. The zero-order valence-electron chi connectivity index (χ0n) is 23.2. The predicted molar refractivity (Wildman–Crippen MR) is 151 cm³/mol. The smallest absolute Gasteiger partial charge is 0.243 e. The van der Waals surface area contributed by atoms with Crippen molar-refractivity contribution in [3.8, 4) is 0 Å². The second-order valence-electron chi connectivity index (χ2n) is 10.4. The minimum atomic E-state index is -1.32. The average molecular weight is 579 g/mol. The maximum Gasteiger partial charge on any atom is 0.243 e. The van der Waals surface area contributed by atoms with Crippen molar-refractivity contribution in [3.63, 3.8) is 0 Å². The van der Waals surface area contributed by atoms with Gasteiger partial charge in [-0.3, -0.25) is 24.2 Å². The van der Waals surface area contributed by atoms with Crippen molar-refractivity contribution in [2.24, 2.45) is 33.8 Å². The second-order valence-corrected chi connectivity index (χ2v) is 10.4. The van der Waals surface area contributed by atoms with Gasteiger partial charge >= 0.3 is 0 Å². The summed E-state index contributed by atoms with van der Waals surface area (Å²) in [5.41, 5.74) is 22.5. The number of nitrogens with zero attached hydrogens (tertiary/aromatic N) is 1. The molecule has 0 unspecified atom stereocenters. The van der Waals surface area contributed by atoms with Gasteiger partial charge in [0, 0.05) is 13.0 Å². The van der Waals surface area contributed by atoms with Gasteiger partial charge in [0.1, 0.15) is 23.9 Å². The number of carbonyl (C=O) groups excluding carboxylic acids is 4. The SMILES string of the molecule is NC(=O)[C@H](CO)NC(=O)[C@H](CC1CCCCC1)NC(=O)[C@H](Cc1ccc(F)cc1)NC(=O)[C@@H](N)CCCN=C(N)N. The van der Waals surface area contributed by atoms with E-state index in [0.717, 1.165) is 32.1 Å². The first-order valence-electron chi connectivity index (χ1n) is 13.9. The summed E-state index contributed by atoms with van der Waals surface area (Å²) in [5.74, 6) is -3.23. The number of rotatable bonds is 16. The van der Waals surface area contributed by atoms with E-state index < -0.39 is 60.2 Å². The number of carbonyl (C=O) groups is 4. The molecule has 14 heteroatoms. The number of nitrogens with two attached hydrogens (primary N) is 4.